The molecule has 10 heavy (non-hydrogen) atoms. The third-order valence-electron chi connectivity index (χ3n) is 1.28. The van der Waals surface area contributed by atoms with Gasteiger partial charge in [-0.15, -0.1) is 6.58 Å². The number of rotatable bonds is 2. The van der Waals surface area contributed by atoms with Gasteiger partial charge in [-0.2, -0.15) is 0 Å². The lowest BCUT2D eigenvalue weighted by molar-refractivity contribution is 1.19. The van der Waals surface area contributed by atoms with Gasteiger partial charge in [-0.1, -0.05) is 12.2 Å². The number of nitrogens with one attached hydrogen (secondary N) is 1. The highest BCUT2D eigenvalue weighted by molar-refractivity contribution is 5.27. The van der Waals surface area contributed by atoms with Crippen LogP contribution in [0.5, 0.6) is 0 Å². The Bertz CT molecular complexity index is 197. The van der Waals surface area contributed by atoms with Crippen LogP contribution in [0.2, 0.25) is 0 Å². The van der Waals surface area contributed by atoms with Gasteiger partial charge < -0.3 is 5.32 Å². The van der Waals surface area contributed by atoms with E-state index in [2.05, 4.69) is 18.0 Å². The van der Waals surface area contributed by atoms with Gasteiger partial charge in [0.2, 0.25) is 0 Å². The van der Waals surface area contributed by atoms with Crippen molar-refractivity contribution in [3.63, 3.8) is 0 Å². The lowest BCUT2D eigenvalue weighted by Gasteiger charge is -1.91. The van der Waals surface area contributed by atoms with Crippen molar-refractivity contribution >= 4 is 0 Å². The zero-order valence-electron chi connectivity index (χ0n) is 5.88. The van der Waals surface area contributed by atoms with Gasteiger partial charge in [0, 0.05) is 12.4 Å². The van der Waals surface area contributed by atoms with E-state index in [1.54, 1.807) is 0 Å². The molecule has 1 N–H and O–H groups in total. The lowest BCUT2D eigenvalue weighted by atomic mass is 10.2. The maximum atomic E-state index is 3.67. The summed E-state index contributed by atoms with van der Waals surface area (Å²) in [4.78, 5) is 0. The molecule has 0 aromatic carbocycles. The van der Waals surface area contributed by atoms with E-state index >= 15 is 0 Å². The first kappa shape index (κ1) is 6.87. The van der Waals surface area contributed by atoms with Gasteiger partial charge in [-0.05, 0) is 24.1 Å². The summed E-state index contributed by atoms with van der Waals surface area (Å²) in [5.74, 6) is 0. The van der Waals surface area contributed by atoms with E-state index in [-0.39, 0.29) is 0 Å². The standard InChI is InChI=1S/C9H11N/c1-2-4-9-5-3-7-10-8-6-9/h2-3,5-8,10H,1,4H2. The smallest absolute Gasteiger partial charge is 0.000728 e. The van der Waals surface area contributed by atoms with E-state index < -0.39 is 0 Å². The second-order valence-electron chi connectivity index (χ2n) is 2.09. The summed E-state index contributed by atoms with van der Waals surface area (Å²) in [5.41, 5.74) is 1.27. The first-order chi connectivity index (χ1) is 4.93. The Labute approximate surface area is 61.4 Å². The lowest BCUT2D eigenvalue weighted by Crippen LogP contribution is -1.88. The molecule has 1 nitrogen and oxygen atoms in total. The Hall–Kier alpha value is -1.24. The van der Waals surface area contributed by atoms with Gasteiger partial charge >= 0.3 is 0 Å². The van der Waals surface area contributed by atoms with Crippen molar-refractivity contribution in [1.29, 1.82) is 0 Å². The molecule has 0 atom stereocenters. The predicted molar refractivity (Wildman–Crippen MR) is 44.3 cm³/mol. The summed E-state index contributed by atoms with van der Waals surface area (Å²) in [6.07, 6.45) is 12.7. The zero-order chi connectivity index (χ0) is 7.23. The molecular formula is C9H11N. The van der Waals surface area contributed by atoms with Gasteiger partial charge in [-0.3, -0.25) is 0 Å². The Balaban J connectivity index is 2.63. The summed E-state index contributed by atoms with van der Waals surface area (Å²) >= 11 is 0. The first-order valence-electron chi connectivity index (χ1n) is 3.32. The Morgan fingerprint density at radius 1 is 1.50 bits per heavy atom. The molecule has 1 heteroatoms. The van der Waals surface area contributed by atoms with Crippen molar-refractivity contribution in [3.8, 4) is 0 Å². The van der Waals surface area contributed by atoms with Crippen molar-refractivity contribution in [2.24, 2.45) is 0 Å². The number of hydrogen-bond donors (Lipinski definition) is 1. The minimum atomic E-state index is 0.933. The van der Waals surface area contributed by atoms with E-state index in [9.17, 15) is 0 Å². The molecule has 1 heterocycles. The molecule has 0 aromatic heterocycles. The highest BCUT2D eigenvalue weighted by Gasteiger charge is 1.87. The van der Waals surface area contributed by atoms with E-state index in [0.717, 1.165) is 6.42 Å². The number of hydrogen-bond acceptors (Lipinski definition) is 1. The first-order valence-corrected chi connectivity index (χ1v) is 3.32. The summed E-state index contributed by atoms with van der Waals surface area (Å²) in [6.45, 7) is 3.67. The van der Waals surface area contributed by atoms with E-state index in [1.807, 2.05) is 30.6 Å². The van der Waals surface area contributed by atoms with Gasteiger partial charge in [0.15, 0.2) is 0 Å². The van der Waals surface area contributed by atoms with Crippen LogP contribution in [0.1, 0.15) is 6.42 Å². The monoisotopic (exact) mass is 133 g/mol. The molecule has 0 saturated heterocycles. The van der Waals surface area contributed by atoms with E-state index in [4.69, 9.17) is 0 Å². The summed E-state index contributed by atoms with van der Waals surface area (Å²) in [6, 6.07) is 0. The Kier molecular flexibility index (Phi) is 2.56. The minimum Gasteiger partial charge on any atom is -0.368 e. The van der Waals surface area contributed by atoms with Crippen molar-refractivity contribution in [2.75, 3.05) is 0 Å². The van der Waals surface area contributed by atoms with E-state index in [0.29, 0.717) is 0 Å². The quantitative estimate of drug-likeness (QED) is 0.569. The Morgan fingerprint density at radius 3 is 3.20 bits per heavy atom. The fourth-order valence-electron chi connectivity index (χ4n) is 0.796. The van der Waals surface area contributed by atoms with Gasteiger partial charge in [0.1, 0.15) is 0 Å². The SMILES string of the molecule is C=CCC1=CC=CNC=C1. The molecule has 0 unspecified atom stereocenters. The molecule has 52 valence electrons. The van der Waals surface area contributed by atoms with Crippen LogP contribution >= 0.6 is 0 Å². The summed E-state index contributed by atoms with van der Waals surface area (Å²) < 4.78 is 0. The maximum absolute atomic E-state index is 3.67. The van der Waals surface area contributed by atoms with Crippen LogP contribution in [-0.4, -0.2) is 0 Å². The van der Waals surface area contributed by atoms with Crippen LogP contribution in [0.15, 0.2) is 48.9 Å². The van der Waals surface area contributed by atoms with Crippen LogP contribution in [0.4, 0.5) is 0 Å². The molecule has 0 radical (unpaired) electrons. The molecule has 1 aliphatic heterocycles. The molecule has 0 fully saturated rings. The average Bonchev–Trinajstić information content (AvgIpc) is 2.17. The predicted octanol–water partition coefficient (Wildman–Crippen LogP) is 2.12. The molecule has 0 aliphatic carbocycles. The maximum Gasteiger partial charge on any atom is 0.000728 e. The van der Waals surface area contributed by atoms with Gasteiger partial charge in [-0.25, -0.2) is 0 Å². The molecule has 0 amide bonds. The molecular weight excluding hydrogens is 122 g/mol. The van der Waals surface area contributed by atoms with Crippen molar-refractivity contribution in [2.45, 2.75) is 6.42 Å². The largest absolute Gasteiger partial charge is 0.368 e. The van der Waals surface area contributed by atoms with Gasteiger partial charge in [0.05, 0.1) is 0 Å². The Morgan fingerprint density at radius 2 is 2.40 bits per heavy atom. The van der Waals surface area contributed by atoms with E-state index in [1.165, 1.54) is 5.57 Å². The summed E-state index contributed by atoms with van der Waals surface area (Å²) in [7, 11) is 0. The van der Waals surface area contributed by atoms with Crippen molar-refractivity contribution < 1.29 is 0 Å². The average molecular weight is 133 g/mol. The molecule has 0 spiro atoms. The van der Waals surface area contributed by atoms with Crippen molar-refractivity contribution in [1.82, 2.24) is 5.32 Å². The van der Waals surface area contributed by atoms with Gasteiger partial charge in [0.25, 0.3) is 0 Å². The van der Waals surface area contributed by atoms with Crippen LogP contribution < -0.4 is 5.32 Å². The minimum absolute atomic E-state index is 0.933. The molecule has 0 bridgehead atoms. The normalized spacial score (nSPS) is 15.4. The number of allylic oxidation sites excluding steroid dienone is 5. The molecule has 0 saturated carbocycles. The fraction of sp³-hybridized carbons (Fsp3) is 0.111. The fourth-order valence-corrected chi connectivity index (χ4v) is 0.796. The highest BCUT2D eigenvalue weighted by Crippen LogP contribution is 2.04. The zero-order valence-corrected chi connectivity index (χ0v) is 5.88. The topological polar surface area (TPSA) is 12.0 Å². The third-order valence-corrected chi connectivity index (χ3v) is 1.28. The van der Waals surface area contributed by atoms with Crippen LogP contribution in [0.3, 0.4) is 0 Å². The third kappa shape index (κ3) is 1.94. The van der Waals surface area contributed by atoms with Crippen LogP contribution in [0.25, 0.3) is 0 Å². The van der Waals surface area contributed by atoms with Crippen molar-refractivity contribution in [3.05, 3.63) is 48.9 Å². The molecule has 1 aliphatic rings. The second kappa shape index (κ2) is 3.72. The molecule has 1 rings (SSSR count). The van der Waals surface area contributed by atoms with Crippen LogP contribution in [0, 0.1) is 0 Å². The van der Waals surface area contributed by atoms with Crippen LogP contribution in [-0.2, 0) is 0 Å². The second-order valence-corrected chi connectivity index (χ2v) is 2.09. The summed E-state index contributed by atoms with van der Waals surface area (Å²) in [5, 5.41) is 2.99. The molecule has 0 aromatic rings. The highest BCUT2D eigenvalue weighted by atomic mass is 14.8.